The van der Waals surface area contributed by atoms with Crippen LogP contribution in [-0.2, 0) is 22.6 Å². The molecule has 0 saturated heterocycles. The molecule has 0 bridgehead atoms. The molecule has 0 aliphatic carbocycles. The predicted molar refractivity (Wildman–Crippen MR) is 104 cm³/mol. The van der Waals surface area contributed by atoms with Crippen LogP contribution in [-0.4, -0.2) is 42.4 Å². The zero-order valence-corrected chi connectivity index (χ0v) is 15.3. The number of ether oxygens (including phenoxy) is 2. The highest BCUT2D eigenvalue weighted by atomic mass is 16.5. The molecule has 3 aromatic rings. The van der Waals surface area contributed by atoms with Crippen molar-refractivity contribution < 1.29 is 19.4 Å². The van der Waals surface area contributed by atoms with Crippen molar-refractivity contribution in [3.05, 3.63) is 65.9 Å². The lowest BCUT2D eigenvalue weighted by molar-refractivity contribution is -0.121. The zero-order chi connectivity index (χ0) is 19.1. The number of hydrogen-bond acceptors (Lipinski definition) is 4. The number of methoxy groups -OCH3 is 1. The molecule has 3 N–H and O–H groups in total. The molecule has 0 spiro atoms. The minimum absolute atomic E-state index is 0.131. The Hall–Kier alpha value is -2.83. The SMILES string of the molecule is COc1ccc(COC[C@H](O)CNC(=O)Cc2c[nH]c3ccccc23)cc1. The summed E-state index contributed by atoms with van der Waals surface area (Å²) in [5.41, 5.74) is 2.94. The standard InChI is InChI=1S/C21H24N2O4/c1-26-18-8-6-15(7-9-18)13-27-14-17(24)12-23-21(25)10-16-11-22-20-5-3-2-4-19(16)20/h2-9,11,17,22,24H,10,12-14H2,1H3,(H,23,25)/t17-/m1/s1. The van der Waals surface area contributed by atoms with Crippen LogP contribution in [0.1, 0.15) is 11.1 Å². The first-order valence-corrected chi connectivity index (χ1v) is 8.86. The Bertz CT molecular complexity index is 873. The van der Waals surface area contributed by atoms with Crippen LogP contribution in [0.5, 0.6) is 5.75 Å². The minimum Gasteiger partial charge on any atom is -0.497 e. The molecule has 0 radical (unpaired) electrons. The average Bonchev–Trinajstić information content (AvgIpc) is 3.10. The number of hydrogen-bond donors (Lipinski definition) is 3. The van der Waals surface area contributed by atoms with Gasteiger partial charge in [-0.3, -0.25) is 4.79 Å². The molecule has 0 aliphatic rings. The van der Waals surface area contributed by atoms with E-state index in [1.807, 2.05) is 54.7 Å². The van der Waals surface area contributed by atoms with Gasteiger partial charge in [-0.15, -0.1) is 0 Å². The van der Waals surface area contributed by atoms with E-state index in [0.29, 0.717) is 6.61 Å². The molecule has 27 heavy (non-hydrogen) atoms. The number of fused-ring (bicyclic) bond motifs is 1. The second-order valence-corrected chi connectivity index (χ2v) is 6.36. The summed E-state index contributed by atoms with van der Waals surface area (Å²) in [6, 6.07) is 15.4. The molecule has 6 heteroatoms. The van der Waals surface area contributed by atoms with Crippen LogP contribution in [0.2, 0.25) is 0 Å². The number of nitrogens with one attached hydrogen (secondary N) is 2. The second kappa shape index (κ2) is 9.21. The molecule has 1 heterocycles. The fraction of sp³-hybridized carbons (Fsp3) is 0.286. The molecule has 6 nitrogen and oxygen atoms in total. The number of aromatic nitrogens is 1. The number of aliphatic hydroxyl groups is 1. The highest BCUT2D eigenvalue weighted by Crippen LogP contribution is 2.18. The Kier molecular flexibility index (Phi) is 6.46. The largest absolute Gasteiger partial charge is 0.497 e. The monoisotopic (exact) mass is 368 g/mol. The Labute approximate surface area is 158 Å². The molecule has 2 aromatic carbocycles. The van der Waals surface area contributed by atoms with E-state index in [4.69, 9.17) is 9.47 Å². The average molecular weight is 368 g/mol. The lowest BCUT2D eigenvalue weighted by Gasteiger charge is -2.12. The molecule has 0 saturated carbocycles. The van der Waals surface area contributed by atoms with Crippen molar-refractivity contribution in [2.24, 2.45) is 0 Å². The van der Waals surface area contributed by atoms with Crippen LogP contribution >= 0.6 is 0 Å². The van der Waals surface area contributed by atoms with Gasteiger partial charge in [-0.25, -0.2) is 0 Å². The number of benzene rings is 2. The number of rotatable bonds is 9. The number of aromatic amines is 1. The molecule has 0 unspecified atom stereocenters. The van der Waals surface area contributed by atoms with Crippen LogP contribution < -0.4 is 10.1 Å². The van der Waals surface area contributed by atoms with Gasteiger partial charge in [0.1, 0.15) is 5.75 Å². The maximum atomic E-state index is 12.1. The lowest BCUT2D eigenvalue weighted by Crippen LogP contribution is -2.35. The van der Waals surface area contributed by atoms with Gasteiger partial charge in [0.05, 0.1) is 32.8 Å². The van der Waals surface area contributed by atoms with Gasteiger partial charge >= 0.3 is 0 Å². The van der Waals surface area contributed by atoms with Gasteiger partial charge in [-0.2, -0.15) is 0 Å². The van der Waals surface area contributed by atoms with Crippen molar-refractivity contribution in [3.8, 4) is 5.75 Å². The van der Waals surface area contributed by atoms with E-state index in [1.54, 1.807) is 7.11 Å². The first-order chi connectivity index (χ1) is 13.2. The molecular formula is C21H24N2O4. The summed E-state index contributed by atoms with van der Waals surface area (Å²) in [4.78, 5) is 15.3. The van der Waals surface area contributed by atoms with Crippen molar-refractivity contribution in [2.45, 2.75) is 19.1 Å². The molecule has 1 aromatic heterocycles. The topological polar surface area (TPSA) is 83.6 Å². The molecule has 1 atom stereocenters. The lowest BCUT2D eigenvalue weighted by atomic mass is 10.1. The Morgan fingerprint density at radius 3 is 2.74 bits per heavy atom. The molecule has 1 amide bonds. The van der Waals surface area contributed by atoms with E-state index in [-0.39, 0.29) is 25.5 Å². The van der Waals surface area contributed by atoms with E-state index >= 15 is 0 Å². The third-order valence-electron chi connectivity index (χ3n) is 4.30. The van der Waals surface area contributed by atoms with Crippen molar-refractivity contribution in [1.29, 1.82) is 0 Å². The summed E-state index contributed by atoms with van der Waals surface area (Å²) in [6.45, 7) is 0.702. The van der Waals surface area contributed by atoms with E-state index in [1.165, 1.54) is 0 Å². The molecule has 0 fully saturated rings. The van der Waals surface area contributed by atoms with Gasteiger partial charge in [0.15, 0.2) is 0 Å². The van der Waals surface area contributed by atoms with Crippen LogP contribution in [0.3, 0.4) is 0 Å². The number of H-pyrrole nitrogens is 1. The van der Waals surface area contributed by atoms with Gasteiger partial charge in [0, 0.05) is 23.6 Å². The fourth-order valence-corrected chi connectivity index (χ4v) is 2.84. The highest BCUT2D eigenvalue weighted by molar-refractivity contribution is 5.88. The van der Waals surface area contributed by atoms with Gasteiger partial charge in [0.25, 0.3) is 0 Å². The molecular weight excluding hydrogens is 344 g/mol. The Balaban J connectivity index is 1.38. The maximum absolute atomic E-state index is 12.1. The van der Waals surface area contributed by atoms with E-state index < -0.39 is 6.10 Å². The van der Waals surface area contributed by atoms with Crippen LogP contribution in [0.25, 0.3) is 10.9 Å². The number of carbonyl (C=O) groups is 1. The summed E-state index contributed by atoms with van der Waals surface area (Å²) in [5, 5.41) is 13.8. The second-order valence-electron chi connectivity index (χ2n) is 6.36. The number of amides is 1. The van der Waals surface area contributed by atoms with Crippen molar-refractivity contribution in [3.63, 3.8) is 0 Å². The van der Waals surface area contributed by atoms with Crippen molar-refractivity contribution in [2.75, 3.05) is 20.3 Å². The number of para-hydroxylation sites is 1. The summed E-state index contributed by atoms with van der Waals surface area (Å²) >= 11 is 0. The Morgan fingerprint density at radius 2 is 1.96 bits per heavy atom. The quantitative estimate of drug-likeness (QED) is 0.542. The summed E-state index contributed by atoms with van der Waals surface area (Å²) < 4.78 is 10.6. The van der Waals surface area contributed by atoms with Gasteiger partial charge in [0.2, 0.25) is 5.91 Å². The van der Waals surface area contributed by atoms with Gasteiger partial charge in [-0.05, 0) is 29.3 Å². The maximum Gasteiger partial charge on any atom is 0.224 e. The van der Waals surface area contributed by atoms with Gasteiger partial charge < -0.3 is 24.9 Å². The molecule has 0 aliphatic heterocycles. The molecule has 142 valence electrons. The number of carbonyl (C=O) groups excluding carboxylic acids is 1. The zero-order valence-electron chi connectivity index (χ0n) is 15.3. The summed E-state index contributed by atoms with van der Waals surface area (Å²) in [7, 11) is 1.62. The normalized spacial score (nSPS) is 12.1. The van der Waals surface area contributed by atoms with Crippen molar-refractivity contribution in [1.82, 2.24) is 10.3 Å². The third kappa shape index (κ3) is 5.32. The van der Waals surface area contributed by atoms with E-state index in [2.05, 4.69) is 10.3 Å². The number of aliphatic hydroxyl groups excluding tert-OH is 1. The third-order valence-corrected chi connectivity index (χ3v) is 4.30. The summed E-state index contributed by atoms with van der Waals surface area (Å²) in [5.74, 6) is 0.658. The van der Waals surface area contributed by atoms with Gasteiger partial charge in [-0.1, -0.05) is 30.3 Å². The van der Waals surface area contributed by atoms with Crippen molar-refractivity contribution >= 4 is 16.8 Å². The Morgan fingerprint density at radius 1 is 1.19 bits per heavy atom. The van der Waals surface area contributed by atoms with Crippen LogP contribution in [0.4, 0.5) is 0 Å². The van der Waals surface area contributed by atoms with E-state index in [0.717, 1.165) is 27.8 Å². The van der Waals surface area contributed by atoms with E-state index in [9.17, 15) is 9.90 Å². The smallest absolute Gasteiger partial charge is 0.224 e. The molecule has 3 rings (SSSR count). The van der Waals surface area contributed by atoms with Crippen LogP contribution in [0, 0.1) is 0 Å². The summed E-state index contributed by atoms with van der Waals surface area (Å²) in [6.07, 6.45) is 1.36. The predicted octanol–water partition coefficient (Wildman–Crippen LogP) is 2.41. The fourth-order valence-electron chi connectivity index (χ4n) is 2.84. The highest BCUT2D eigenvalue weighted by Gasteiger charge is 2.11. The van der Waals surface area contributed by atoms with Crippen LogP contribution in [0.15, 0.2) is 54.7 Å². The first-order valence-electron chi connectivity index (χ1n) is 8.86. The minimum atomic E-state index is -0.754. The first kappa shape index (κ1) is 18.9.